The molecule has 1 aliphatic rings. The number of ether oxygens (including phenoxy) is 1. The molecule has 1 unspecified atom stereocenters. The Morgan fingerprint density at radius 1 is 1.38 bits per heavy atom. The number of hydrogen-bond acceptors (Lipinski definition) is 3. The van der Waals surface area contributed by atoms with Crippen molar-refractivity contribution in [2.24, 2.45) is 5.92 Å². The molecule has 5 heteroatoms. The van der Waals surface area contributed by atoms with E-state index in [1.165, 1.54) is 0 Å². The molecular weight excluding hydrogens is 326 g/mol. The van der Waals surface area contributed by atoms with E-state index < -0.39 is 0 Å². The summed E-state index contributed by atoms with van der Waals surface area (Å²) in [7, 11) is 0. The van der Waals surface area contributed by atoms with Crippen molar-refractivity contribution < 1.29 is 14.3 Å². The predicted octanol–water partition coefficient (Wildman–Crippen LogP) is 4.20. The second kappa shape index (κ2) is 8.34. The van der Waals surface area contributed by atoms with E-state index in [9.17, 15) is 9.59 Å². The molecule has 1 aromatic rings. The minimum Gasteiger partial charge on any atom is -0.462 e. The highest BCUT2D eigenvalue weighted by Crippen LogP contribution is 2.34. The maximum atomic E-state index is 12.7. The Balaban J connectivity index is 2.27. The second-order valence-electron chi connectivity index (χ2n) is 6.18. The van der Waals surface area contributed by atoms with Gasteiger partial charge in [-0.05, 0) is 30.5 Å². The maximum absolute atomic E-state index is 12.7. The summed E-state index contributed by atoms with van der Waals surface area (Å²) in [6, 6.07) is 7.28. The third-order valence-corrected chi connectivity index (χ3v) is 4.78. The SMILES string of the molecule is CCC(CC)COC(=O)C1=C(C)NC(=O)CC1c1cccc(Cl)c1. The molecule has 0 spiro atoms. The molecule has 0 fully saturated rings. The molecule has 2 rings (SSSR count). The molecule has 1 heterocycles. The van der Waals surface area contributed by atoms with Crippen LogP contribution in [0, 0.1) is 5.92 Å². The quantitative estimate of drug-likeness (QED) is 0.783. The highest BCUT2D eigenvalue weighted by Gasteiger charge is 2.33. The van der Waals surface area contributed by atoms with Gasteiger partial charge in [-0.3, -0.25) is 4.79 Å². The Kier molecular flexibility index (Phi) is 6.44. The second-order valence-corrected chi connectivity index (χ2v) is 6.62. The molecule has 4 nitrogen and oxygen atoms in total. The van der Waals surface area contributed by atoms with Gasteiger partial charge < -0.3 is 10.1 Å². The highest BCUT2D eigenvalue weighted by atomic mass is 35.5. The highest BCUT2D eigenvalue weighted by molar-refractivity contribution is 6.30. The van der Waals surface area contributed by atoms with Crippen LogP contribution in [-0.2, 0) is 14.3 Å². The van der Waals surface area contributed by atoms with Crippen LogP contribution in [0.4, 0.5) is 0 Å². The third-order valence-electron chi connectivity index (χ3n) is 4.54. The first-order chi connectivity index (χ1) is 11.5. The van der Waals surface area contributed by atoms with E-state index in [-0.39, 0.29) is 24.2 Å². The van der Waals surface area contributed by atoms with Gasteiger partial charge in [-0.2, -0.15) is 0 Å². The van der Waals surface area contributed by atoms with Gasteiger partial charge in [0.05, 0.1) is 12.2 Å². The lowest BCUT2D eigenvalue weighted by Gasteiger charge is -2.27. The van der Waals surface area contributed by atoms with Gasteiger partial charge in [0, 0.05) is 23.1 Å². The number of rotatable bonds is 6. The van der Waals surface area contributed by atoms with Crippen LogP contribution in [0.5, 0.6) is 0 Å². The number of amides is 1. The Morgan fingerprint density at radius 2 is 2.08 bits per heavy atom. The van der Waals surface area contributed by atoms with E-state index in [1.807, 2.05) is 12.1 Å². The predicted molar refractivity (Wildman–Crippen MR) is 94.7 cm³/mol. The molecular formula is C19H24ClNO3. The number of esters is 1. The van der Waals surface area contributed by atoms with Gasteiger partial charge in [0.15, 0.2) is 0 Å². The van der Waals surface area contributed by atoms with Crippen LogP contribution in [0.15, 0.2) is 35.5 Å². The molecule has 0 bridgehead atoms. The summed E-state index contributed by atoms with van der Waals surface area (Å²) >= 11 is 6.07. The largest absolute Gasteiger partial charge is 0.462 e. The van der Waals surface area contributed by atoms with E-state index in [0.29, 0.717) is 28.8 Å². The fourth-order valence-electron chi connectivity index (χ4n) is 2.98. The molecule has 0 saturated heterocycles. The summed E-state index contributed by atoms with van der Waals surface area (Å²) in [4.78, 5) is 24.6. The summed E-state index contributed by atoms with van der Waals surface area (Å²) in [5.41, 5.74) is 1.93. The summed E-state index contributed by atoms with van der Waals surface area (Å²) < 4.78 is 5.53. The van der Waals surface area contributed by atoms with E-state index >= 15 is 0 Å². The van der Waals surface area contributed by atoms with E-state index in [4.69, 9.17) is 16.3 Å². The molecule has 1 atom stereocenters. The standard InChI is InChI=1S/C19H24ClNO3/c1-4-13(5-2)11-24-19(23)18-12(3)21-17(22)10-16(18)14-7-6-8-15(20)9-14/h6-9,13,16H,4-5,10-11H2,1-3H3,(H,21,22). The normalized spacial score (nSPS) is 17.9. The first-order valence-electron chi connectivity index (χ1n) is 8.39. The van der Waals surface area contributed by atoms with Crippen molar-refractivity contribution in [2.75, 3.05) is 6.61 Å². The Morgan fingerprint density at radius 3 is 2.71 bits per heavy atom. The summed E-state index contributed by atoms with van der Waals surface area (Å²) in [6.45, 7) is 6.31. The Hall–Kier alpha value is -1.81. The topological polar surface area (TPSA) is 55.4 Å². The summed E-state index contributed by atoms with van der Waals surface area (Å²) in [5, 5.41) is 3.33. The number of allylic oxidation sites excluding steroid dienone is 1. The van der Waals surface area contributed by atoms with Crippen LogP contribution >= 0.6 is 11.6 Å². The van der Waals surface area contributed by atoms with Crippen molar-refractivity contribution in [2.45, 2.75) is 46.0 Å². The van der Waals surface area contributed by atoms with Gasteiger partial charge in [0.25, 0.3) is 0 Å². The first-order valence-corrected chi connectivity index (χ1v) is 8.77. The molecule has 130 valence electrons. The lowest BCUT2D eigenvalue weighted by molar-refractivity contribution is -0.141. The van der Waals surface area contributed by atoms with Gasteiger partial charge in [0.1, 0.15) is 0 Å². The van der Waals surface area contributed by atoms with Crippen LogP contribution in [0.25, 0.3) is 0 Å². The molecule has 24 heavy (non-hydrogen) atoms. The van der Waals surface area contributed by atoms with Gasteiger partial charge in [-0.15, -0.1) is 0 Å². The van der Waals surface area contributed by atoms with E-state index in [1.54, 1.807) is 19.1 Å². The van der Waals surface area contributed by atoms with Gasteiger partial charge in [0.2, 0.25) is 5.91 Å². The summed E-state index contributed by atoms with van der Waals surface area (Å²) in [5.74, 6) is -0.428. The number of hydrogen-bond donors (Lipinski definition) is 1. The number of carbonyl (C=O) groups excluding carboxylic acids is 2. The van der Waals surface area contributed by atoms with E-state index in [0.717, 1.165) is 18.4 Å². The van der Waals surface area contributed by atoms with Crippen molar-refractivity contribution in [1.29, 1.82) is 0 Å². The average molecular weight is 350 g/mol. The molecule has 0 aliphatic carbocycles. The van der Waals surface area contributed by atoms with Crippen molar-refractivity contribution in [3.05, 3.63) is 46.1 Å². The molecule has 1 aromatic carbocycles. The van der Waals surface area contributed by atoms with Crippen LogP contribution in [-0.4, -0.2) is 18.5 Å². The van der Waals surface area contributed by atoms with Crippen LogP contribution in [0.1, 0.15) is 51.5 Å². The van der Waals surface area contributed by atoms with Crippen molar-refractivity contribution in [1.82, 2.24) is 5.32 Å². The zero-order valence-electron chi connectivity index (χ0n) is 14.4. The smallest absolute Gasteiger partial charge is 0.336 e. The van der Waals surface area contributed by atoms with Crippen LogP contribution in [0.3, 0.4) is 0 Å². The van der Waals surface area contributed by atoms with Crippen LogP contribution < -0.4 is 5.32 Å². The third kappa shape index (κ3) is 4.38. The molecule has 1 aliphatic heterocycles. The number of nitrogens with one attached hydrogen (secondary N) is 1. The first kappa shape index (κ1) is 18.5. The molecule has 0 saturated carbocycles. The zero-order chi connectivity index (χ0) is 17.7. The zero-order valence-corrected chi connectivity index (χ0v) is 15.2. The van der Waals surface area contributed by atoms with Crippen molar-refractivity contribution in [3.8, 4) is 0 Å². The molecule has 1 N–H and O–H groups in total. The minimum atomic E-state index is -0.357. The van der Waals surface area contributed by atoms with Gasteiger partial charge in [-0.25, -0.2) is 4.79 Å². The maximum Gasteiger partial charge on any atom is 0.336 e. The lowest BCUT2D eigenvalue weighted by atomic mass is 9.84. The fraction of sp³-hybridized carbons (Fsp3) is 0.474. The molecule has 0 aromatic heterocycles. The number of benzene rings is 1. The fourth-order valence-corrected chi connectivity index (χ4v) is 3.17. The van der Waals surface area contributed by atoms with Crippen molar-refractivity contribution in [3.63, 3.8) is 0 Å². The van der Waals surface area contributed by atoms with Crippen LogP contribution in [0.2, 0.25) is 5.02 Å². The Labute approximate surface area is 148 Å². The number of halogens is 1. The van der Waals surface area contributed by atoms with Gasteiger partial charge in [-0.1, -0.05) is 50.4 Å². The lowest BCUT2D eigenvalue weighted by Crippen LogP contribution is -2.34. The molecule has 0 radical (unpaired) electrons. The monoisotopic (exact) mass is 349 g/mol. The average Bonchev–Trinajstić information content (AvgIpc) is 2.54. The minimum absolute atomic E-state index is 0.103. The summed E-state index contributed by atoms with van der Waals surface area (Å²) in [6.07, 6.45) is 2.15. The van der Waals surface area contributed by atoms with E-state index in [2.05, 4.69) is 19.2 Å². The van der Waals surface area contributed by atoms with Crippen molar-refractivity contribution >= 4 is 23.5 Å². The number of carbonyl (C=O) groups is 2. The molecule has 1 amide bonds. The van der Waals surface area contributed by atoms with Gasteiger partial charge >= 0.3 is 5.97 Å². The Bertz CT molecular complexity index is 650.